The summed E-state index contributed by atoms with van der Waals surface area (Å²) in [5, 5.41) is 26.5. The van der Waals surface area contributed by atoms with Crippen molar-refractivity contribution in [3.05, 3.63) is 28.8 Å². The summed E-state index contributed by atoms with van der Waals surface area (Å²) in [6, 6.07) is 7.06. The number of hydrogen-bond acceptors (Lipinski definition) is 3. The molecule has 1 aromatic carbocycles. The van der Waals surface area contributed by atoms with E-state index in [1.807, 2.05) is 12.1 Å². The van der Waals surface area contributed by atoms with E-state index < -0.39 is 0 Å². The van der Waals surface area contributed by atoms with Crippen molar-refractivity contribution in [2.45, 2.75) is 13.3 Å². The Bertz CT molecular complexity index is 410. The Morgan fingerprint density at radius 1 is 1.38 bits per heavy atom. The van der Waals surface area contributed by atoms with Crippen molar-refractivity contribution < 1.29 is 5.11 Å². The third-order valence-corrected chi connectivity index (χ3v) is 1.84. The summed E-state index contributed by atoms with van der Waals surface area (Å²) in [5.41, 5.74) is 1.65. The number of benzene rings is 1. The summed E-state index contributed by atoms with van der Waals surface area (Å²) in [7, 11) is 0. The Hall–Kier alpha value is -2.00. The quantitative estimate of drug-likeness (QED) is 0.700. The highest BCUT2D eigenvalue weighted by molar-refractivity contribution is 5.48. The maximum atomic E-state index is 9.38. The third kappa shape index (κ3) is 1.77. The topological polar surface area (TPSA) is 67.8 Å². The lowest BCUT2D eigenvalue weighted by molar-refractivity contribution is 0.470. The van der Waals surface area contributed by atoms with Gasteiger partial charge in [-0.1, -0.05) is 0 Å². The molecule has 1 rings (SSSR count). The molecule has 0 heterocycles. The highest BCUT2D eigenvalue weighted by Crippen LogP contribution is 2.22. The molecule has 0 fully saturated rings. The first-order valence-corrected chi connectivity index (χ1v) is 3.78. The van der Waals surface area contributed by atoms with Crippen LogP contribution in [0, 0.1) is 29.6 Å². The van der Waals surface area contributed by atoms with Crippen LogP contribution in [0.15, 0.2) is 12.1 Å². The van der Waals surface area contributed by atoms with E-state index in [9.17, 15) is 5.11 Å². The summed E-state index contributed by atoms with van der Waals surface area (Å²) in [4.78, 5) is 0. The fourth-order valence-corrected chi connectivity index (χ4v) is 1.07. The smallest absolute Gasteiger partial charge is 0.120 e. The van der Waals surface area contributed by atoms with Crippen LogP contribution in [0.25, 0.3) is 0 Å². The second-order valence-electron chi connectivity index (χ2n) is 2.73. The zero-order valence-electron chi connectivity index (χ0n) is 7.20. The minimum atomic E-state index is 0.0734. The molecule has 0 radical (unpaired) electrons. The van der Waals surface area contributed by atoms with Crippen LogP contribution < -0.4 is 0 Å². The first-order chi connectivity index (χ1) is 6.19. The van der Waals surface area contributed by atoms with Crippen LogP contribution >= 0.6 is 0 Å². The van der Waals surface area contributed by atoms with Gasteiger partial charge in [0, 0.05) is 5.56 Å². The number of aromatic hydroxyl groups is 1. The van der Waals surface area contributed by atoms with Gasteiger partial charge in [-0.05, 0) is 24.6 Å². The Labute approximate surface area is 76.5 Å². The minimum Gasteiger partial charge on any atom is -0.508 e. The van der Waals surface area contributed by atoms with E-state index in [1.54, 1.807) is 13.0 Å². The van der Waals surface area contributed by atoms with E-state index in [2.05, 4.69) is 0 Å². The SMILES string of the molecule is Cc1c(O)cc(CC#N)cc1C#N. The molecular formula is C10H8N2O. The van der Waals surface area contributed by atoms with Crippen molar-refractivity contribution in [1.82, 2.24) is 0 Å². The molecule has 0 amide bonds. The van der Waals surface area contributed by atoms with Gasteiger partial charge >= 0.3 is 0 Å². The Balaban J connectivity index is 3.26. The highest BCUT2D eigenvalue weighted by Gasteiger charge is 2.05. The molecule has 13 heavy (non-hydrogen) atoms. The number of nitrogens with zero attached hydrogens (tertiary/aromatic N) is 2. The Morgan fingerprint density at radius 2 is 2.08 bits per heavy atom. The molecular weight excluding hydrogens is 164 g/mol. The number of rotatable bonds is 1. The summed E-state index contributed by atoms with van der Waals surface area (Å²) in [5.74, 6) is 0.0734. The van der Waals surface area contributed by atoms with Crippen LogP contribution in [0.3, 0.4) is 0 Å². The van der Waals surface area contributed by atoms with E-state index in [1.165, 1.54) is 6.07 Å². The van der Waals surface area contributed by atoms with Gasteiger partial charge in [0.1, 0.15) is 5.75 Å². The molecule has 0 atom stereocenters. The maximum Gasteiger partial charge on any atom is 0.120 e. The summed E-state index contributed by atoms with van der Waals surface area (Å²) in [6.45, 7) is 1.67. The predicted octanol–water partition coefficient (Wildman–Crippen LogP) is 1.64. The van der Waals surface area contributed by atoms with Gasteiger partial charge in [0.2, 0.25) is 0 Å². The van der Waals surface area contributed by atoms with Crippen molar-refractivity contribution in [3.63, 3.8) is 0 Å². The van der Waals surface area contributed by atoms with Crippen molar-refractivity contribution >= 4 is 0 Å². The number of phenols is 1. The molecule has 0 saturated carbocycles. The van der Waals surface area contributed by atoms with Crippen molar-refractivity contribution in [3.8, 4) is 17.9 Å². The molecule has 64 valence electrons. The fourth-order valence-electron chi connectivity index (χ4n) is 1.07. The normalized spacial score (nSPS) is 8.85. The number of phenolic OH excluding ortho intramolecular Hbond substituents is 1. The van der Waals surface area contributed by atoms with Crippen LogP contribution in [0.1, 0.15) is 16.7 Å². The summed E-state index contributed by atoms with van der Waals surface area (Å²) < 4.78 is 0. The average Bonchev–Trinajstić information content (AvgIpc) is 2.11. The molecule has 0 bridgehead atoms. The Morgan fingerprint density at radius 3 is 2.62 bits per heavy atom. The van der Waals surface area contributed by atoms with Crippen LogP contribution in [0.4, 0.5) is 0 Å². The van der Waals surface area contributed by atoms with Gasteiger partial charge in [0.15, 0.2) is 0 Å². The maximum absolute atomic E-state index is 9.38. The number of hydrogen-bond donors (Lipinski definition) is 1. The second-order valence-corrected chi connectivity index (χ2v) is 2.73. The zero-order valence-corrected chi connectivity index (χ0v) is 7.20. The molecule has 0 aliphatic heterocycles. The van der Waals surface area contributed by atoms with Crippen molar-refractivity contribution in [2.75, 3.05) is 0 Å². The fraction of sp³-hybridized carbons (Fsp3) is 0.200. The first-order valence-electron chi connectivity index (χ1n) is 3.78. The lowest BCUT2D eigenvalue weighted by Gasteiger charge is -2.02. The molecule has 3 nitrogen and oxygen atoms in total. The molecule has 1 aromatic rings. The molecule has 1 N–H and O–H groups in total. The third-order valence-electron chi connectivity index (χ3n) is 1.84. The largest absolute Gasteiger partial charge is 0.508 e. The predicted molar refractivity (Wildman–Crippen MR) is 46.9 cm³/mol. The zero-order chi connectivity index (χ0) is 9.84. The van der Waals surface area contributed by atoms with Crippen molar-refractivity contribution in [2.24, 2.45) is 0 Å². The van der Waals surface area contributed by atoms with Crippen LogP contribution in [0.2, 0.25) is 0 Å². The van der Waals surface area contributed by atoms with Gasteiger partial charge in [0.05, 0.1) is 24.1 Å². The summed E-state index contributed by atoms with van der Waals surface area (Å²) in [6.07, 6.45) is 0.211. The molecule has 0 aliphatic rings. The standard InChI is InChI=1S/C10H8N2O/c1-7-9(6-12)4-8(2-3-11)5-10(7)13/h4-5,13H,2H2,1H3. The van der Waals surface area contributed by atoms with E-state index in [4.69, 9.17) is 10.5 Å². The van der Waals surface area contributed by atoms with Gasteiger partial charge in [-0.25, -0.2) is 0 Å². The molecule has 0 spiro atoms. The van der Waals surface area contributed by atoms with Crippen molar-refractivity contribution in [1.29, 1.82) is 10.5 Å². The van der Waals surface area contributed by atoms with E-state index in [0.717, 1.165) is 0 Å². The van der Waals surface area contributed by atoms with Crippen LogP contribution in [-0.2, 0) is 6.42 Å². The lowest BCUT2D eigenvalue weighted by Crippen LogP contribution is -1.88. The number of nitriles is 2. The minimum absolute atomic E-state index is 0.0734. The summed E-state index contributed by atoms with van der Waals surface area (Å²) >= 11 is 0. The monoisotopic (exact) mass is 172 g/mol. The molecule has 0 unspecified atom stereocenters. The van der Waals surface area contributed by atoms with Gasteiger partial charge in [0.25, 0.3) is 0 Å². The molecule has 0 aromatic heterocycles. The average molecular weight is 172 g/mol. The molecule has 3 heteroatoms. The van der Waals surface area contributed by atoms with E-state index in [0.29, 0.717) is 16.7 Å². The van der Waals surface area contributed by atoms with E-state index >= 15 is 0 Å². The highest BCUT2D eigenvalue weighted by atomic mass is 16.3. The first kappa shape index (κ1) is 9.09. The van der Waals surface area contributed by atoms with Gasteiger partial charge in [-0.15, -0.1) is 0 Å². The van der Waals surface area contributed by atoms with Crippen LogP contribution in [-0.4, -0.2) is 5.11 Å². The lowest BCUT2D eigenvalue weighted by atomic mass is 10.0. The van der Waals surface area contributed by atoms with Crippen LogP contribution in [0.5, 0.6) is 5.75 Å². The van der Waals surface area contributed by atoms with Gasteiger partial charge < -0.3 is 5.11 Å². The molecule has 0 saturated heterocycles. The van der Waals surface area contributed by atoms with Gasteiger partial charge in [-0.3, -0.25) is 0 Å². The Kier molecular flexibility index (Phi) is 2.52. The van der Waals surface area contributed by atoms with Gasteiger partial charge in [-0.2, -0.15) is 10.5 Å². The van der Waals surface area contributed by atoms with E-state index in [-0.39, 0.29) is 12.2 Å². The molecule has 0 aliphatic carbocycles. The second kappa shape index (κ2) is 3.60.